The van der Waals surface area contributed by atoms with E-state index in [4.69, 9.17) is 0 Å². The molecule has 1 fully saturated rings. The molecule has 3 nitrogen and oxygen atoms in total. The van der Waals surface area contributed by atoms with E-state index in [-0.39, 0.29) is 24.1 Å². The monoisotopic (exact) mass is 289 g/mol. The van der Waals surface area contributed by atoms with Crippen LogP contribution in [0.25, 0.3) is 0 Å². The van der Waals surface area contributed by atoms with Crippen LogP contribution in [0.4, 0.5) is 0 Å². The van der Waals surface area contributed by atoms with E-state index in [0.717, 1.165) is 31.5 Å². The minimum absolute atomic E-state index is 0. The third-order valence-corrected chi connectivity index (χ3v) is 5.32. The first-order chi connectivity index (χ1) is 8.09. The maximum Gasteiger partial charge on any atom is 0.178 e. The average molecular weight is 290 g/mol. The van der Waals surface area contributed by atoms with E-state index in [2.05, 4.69) is 5.32 Å². The average Bonchev–Trinajstić information content (AvgIpc) is 2.30. The third-order valence-electron chi connectivity index (χ3n) is 3.28. The predicted octanol–water partition coefficient (Wildman–Crippen LogP) is 2.19. The van der Waals surface area contributed by atoms with Crippen LogP contribution in [0.1, 0.15) is 18.4 Å². The van der Waals surface area contributed by atoms with Crippen molar-refractivity contribution in [2.75, 3.05) is 18.8 Å². The molecular formula is C13H20ClNO2S. The van der Waals surface area contributed by atoms with Crippen LogP contribution in [0.2, 0.25) is 0 Å². The smallest absolute Gasteiger partial charge is 0.178 e. The van der Waals surface area contributed by atoms with Gasteiger partial charge in [0.2, 0.25) is 0 Å². The summed E-state index contributed by atoms with van der Waals surface area (Å²) in [5, 5.41) is 3.26. The second kappa shape index (κ2) is 6.55. The molecule has 1 N–H and O–H groups in total. The van der Waals surface area contributed by atoms with Crippen LogP contribution in [-0.2, 0) is 9.84 Å². The van der Waals surface area contributed by atoms with Gasteiger partial charge in [-0.05, 0) is 50.4 Å². The standard InChI is InChI=1S/C13H19NO2S.ClH/c1-11-5-2-3-7-13(11)17(15,16)10-12-6-4-8-14-9-12;/h2-3,5,7,12,14H,4,6,8-10H2,1H3;1H. The molecule has 0 aromatic heterocycles. The normalized spacial score (nSPS) is 20.2. The van der Waals surface area contributed by atoms with Crippen molar-refractivity contribution in [2.24, 2.45) is 5.92 Å². The summed E-state index contributed by atoms with van der Waals surface area (Å²) < 4.78 is 24.6. The number of aryl methyl sites for hydroxylation is 1. The van der Waals surface area contributed by atoms with Gasteiger partial charge in [-0.25, -0.2) is 8.42 Å². The molecule has 1 atom stereocenters. The molecule has 18 heavy (non-hydrogen) atoms. The summed E-state index contributed by atoms with van der Waals surface area (Å²) in [4.78, 5) is 0.491. The molecule has 2 rings (SSSR count). The molecular weight excluding hydrogens is 270 g/mol. The molecule has 0 saturated carbocycles. The molecule has 0 spiro atoms. The van der Waals surface area contributed by atoms with Gasteiger partial charge in [-0.15, -0.1) is 12.4 Å². The van der Waals surface area contributed by atoms with Gasteiger partial charge in [-0.3, -0.25) is 0 Å². The van der Waals surface area contributed by atoms with E-state index in [9.17, 15) is 8.42 Å². The van der Waals surface area contributed by atoms with Crippen LogP contribution in [-0.4, -0.2) is 27.3 Å². The molecule has 0 bridgehead atoms. The van der Waals surface area contributed by atoms with Crippen molar-refractivity contribution in [3.63, 3.8) is 0 Å². The Morgan fingerprint density at radius 2 is 2.06 bits per heavy atom. The maximum absolute atomic E-state index is 12.3. The van der Waals surface area contributed by atoms with Crippen molar-refractivity contribution in [2.45, 2.75) is 24.7 Å². The first kappa shape index (κ1) is 15.5. The Balaban J connectivity index is 0.00000162. The van der Waals surface area contributed by atoms with E-state index < -0.39 is 9.84 Å². The second-order valence-electron chi connectivity index (χ2n) is 4.76. The molecule has 1 aromatic carbocycles. The summed E-state index contributed by atoms with van der Waals surface area (Å²) >= 11 is 0. The Morgan fingerprint density at radius 1 is 1.33 bits per heavy atom. The fourth-order valence-electron chi connectivity index (χ4n) is 2.37. The van der Waals surface area contributed by atoms with Crippen LogP contribution in [0.5, 0.6) is 0 Å². The van der Waals surface area contributed by atoms with Gasteiger partial charge in [0.1, 0.15) is 0 Å². The number of piperidine rings is 1. The van der Waals surface area contributed by atoms with Crippen molar-refractivity contribution in [3.05, 3.63) is 29.8 Å². The summed E-state index contributed by atoms with van der Waals surface area (Å²) in [5.74, 6) is 0.526. The number of halogens is 1. The van der Waals surface area contributed by atoms with Crippen molar-refractivity contribution >= 4 is 22.2 Å². The summed E-state index contributed by atoms with van der Waals surface area (Å²) in [6, 6.07) is 7.22. The zero-order chi connectivity index (χ0) is 12.3. The highest BCUT2D eigenvalue weighted by Crippen LogP contribution is 2.21. The van der Waals surface area contributed by atoms with E-state index in [1.165, 1.54) is 0 Å². The van der Waals surface area contributed by atoms with E-state index in [1.54, 1.807) is 12.1 Å². The summed E-state index contributed by atoms with van der Waals surface area (Å²) in [5.41, 5.74) is 0.844. The van der Waals surface area contributed by atoms with Gasteiger partial charge < -0.3 is 5.32 Å². The second-order valence-corrected chi connectivity index (χ2v) is 6.76. The van der Waals surface area contributed by atoms with Crippen molar-refractivity contribution in [1.29, 1.82) is 0 Å². The van der Waals surface area contributed by atoms with Gasteiger partial charge in [0, 0.05) is 0 Å². The molecule has 1 unspecified atom stereocenters. The lowest BCUT2D eigenvalue weighted by Gasteiger charge is -2.22. The molecule has 0 amide bonds. The molecule has 1 heterocycles. The number of sulfone groups is 1. The maximum atomic E-state index is 12.3. The minimum Gasteiger partial charge on any atom is -0.316 e. The van der Waals surface area contributed by atoms with Gasteiger partial charge in [0.15, 0.2) is 9.84 Å². The molecule has 5 heteroatoms. The number of hydrogen-bond donors (Lipinski definition) is 1. The molecule has 0 radical (unpaired) electrons. The number of rotatable bonds is 3. The number of benzene rings is 1. The van der Waals surface area contributed by atoms with Crippen LogP contribution in [0.15, 0.2) is 29.2 Å². The summed E-state index contributed by atoms with van der Waals surface area (Å²) in [6.45, 7) is 3.69. The lowest BCUT2D eigenvalue weighted by molar-refractivity contribution is 0.404. The Bertz CT molecular complexity index is 482. The predicted molar refractivity (Wildman–Crippen MR) is 76.1 cm³/mol. The van der Waals surface area contributed by atoms with Crippen LogP contribution >= 0.6 is 12.4 Å². The summed E-state index contributed by atoms with van der Waals surface area (Å²) in [7, 11) is -3.13. The molecule has 1 aliphatic rings. The quantitative estimate of drug-likeness (QED) is 0.928. The SMILES string of the molecule is Cc1ccccc1S(=O)(=O)CC1CCCNC1.Cl. The topological polar surface area (TPSA) is 46.2 Å². The summed E-state index contributed by atoms with van der Waals surface area (Å²) in [6.07, 6.45) is 2.09. The van der Waals surface area contributed by atoms with Crippen molar-refractivity contribution in [1.82, 2.24) is 5.32 Å². The van der Waals surface area contributed by atoms with Crippen molar-refractivity contribution < 1.29 is 8.42 Å². The van der Waals surface area contributed by atoms with E-state index in [1.807, 2.05) is 19.1 Å². The van der Waals surface area contributed by atoms with Gasteiger partial charge in [0.05, 0.1) is 10.6 Å². The lowest BCUT2D eigenvalue weighted by atomic mass is 10.0. The van der Waals surface area contributed by atoms with Crippen molar-refractivity contribution in [3.8, 4) is 0 Å². The zero-order valence-electron chi connectivity index (χ0n) is 10.6. The van der Waals surface area contributed by atoms with Crippen LogP contribution in [0, 0.1) is 12.8 Å². The first-order valence-corrected chi connectivity index (χ1v) is 7.74. The molecule has 102 valence electrons. The molecule has 1 aliphatic heterocycles. The first-order valence-electron chi connectivity index (χ1n) is 6.09. The highest BCUT2D eigenvalue weighted by Gasteiger charge is 2.23. The Morgan fingerprint density at radius 3 is 2.67 bits per heavy atom. The Kier molecular flexibility index (Phi) is 5.63. The molecule has 0 aliphatic carbocycles. The third kappa shape index (κ3) is 3.70. The van der Waals surface area contributed by atoms with Gasteiger partial charge >= 0.3 is 0 Å². The number of hydrogen-bond acceptors (Lipinski definition) is 3. The van der Waals surface area contributed by atoms with Crippen LogP contribution in [0.3, 0.4) is 0 Å². The van der Waals surface area contributed by atoms with Gasteiger partial charge in [-0.1, -0.05) is 18.2 Å². The van der Waals surface area contributed by atoms with E-state index >= 15 is 0 Å². The van der Waals surface area contributed by atoms with E-state index in [0.29, 0.717) is 4.90 Å². The van der Waals surface area contributed by atoms with Gasteiger partial charge in [0.25, 0.3) is 0 Å². The fraction of sp³-hybridized carbons (Fsp3) is 0.538. The zero-order valence-corrected chi connectivity index (χ0v) is 12.2. The van der Waals surface area contributed by atoms with Gasteiger partial charge in [-0.2, -0.15) is 0 Å². The Hall–Kier alpha value is -0.580. The molecule has 1 aromatic rings. The minimum atomic E-state index is -3.13. The highest BCUT2D eigenvalue weighted by atomic mass is 35.5. The fourth-order valence-corrected chi connectivity index (χ4v) is 4.30. The Labute approximate surface area is 115 Å². The number of nitrogens with one attached hydrogen (secondary N) is 1. The lowest BCUT2D eigenvalue weighted by Crippen LogP contribution is -2.33. The molecule has 1 saturated heterocycles. The highest BCUT2D eigenvalue weighted by molar-refractivity contribution is 7.91. The largest absolute Gasteiger partial charge is 0.316 e. The van der Waals surface area contributed by atoms with Crippen LogP contribution < -0.4 is 5.32 Å².